The van der Waals surface area contributed by atoms with Gasteiger partial charge in [0.15, 0.2) is 0 Å². The molecule has 0 aromatic heterocycles. The van der Waals surface area contributed by atoms with Gasteiger partial charge in [-0.2, -0.15) is 11.8 Å². The van der Waals surface area contributed by atoms with Gasteiger partial charge in [0.2, 0.25) is 0 Å². The maximum atomic E-state index is 13.5. The van der Waals surface area contributed by atoms with Crippen molar-refractivity contribution in [2.45, 2.75) is 13.3 Å². The third-order valence-electron chi connectivity index (χ3n) is 2.11. The van der Waals surface area contributed by atoms with Crippen LogP contribution in [-0.2, 0) is 0 Å². The van der Waals surface area contributed by atoms with Crippen LogP contribution >= 0.6 is 24.0 Å². The summed E-state index contributed by atoms with van der Waals surface area (Å²) in [6, 6.07) is 4.56. The van der Waals surface area contributed by atoms with Gasteiger partial charge in [-0.3, -0.25) is 0 Å². The highest BCUT2D eigenvalue weighted by molar-refractivity contribution is 7.99. The minimum atomic E-state index is -0.432. The molecular formula is C12H16FNOS2. The third-order valence-corrected chi connectivity index (χ3v) is 3.32. The van der Waals surface area contributed by atoms with Crippen molar-refractivity contribution >= 4 is 29.0 Å². The highest BCUT2D eigenvalue weighted by atomic mass is 32.2. The fourth-order valence-corrected chi connectivity index (χ4v) is 2.06. The summed E-state index contributed by atoms with van der Waals surface area (Å²) in [5.41, 5.74) is 5.63. The van der Waals surface area contributed by atoms with E-state index in [1.54, 1.807) is 12.1 Å². The van der Waals surface area contributed by atoms with E-state index in [0.29, 0.717) is 12.4 Å². The quantitative estimate of drug-likeness (QED) is 0.612. The largest absolute Gasteiger partial charge is 0.493 e. The lowest BCUT2D eigenvalue weighted by Crippen LogP contribution is -2.11. The molecule has 0 aliphatic carbocycles. The maximum absolute atomic E-state index is 13.5. The van der Waals surface area contributed by atoms with Crippen LogP contribution < -0.4 is 10.5 Å². The zero-order valence-corrected chi connectivity index (χ0v) is 11.4. The molecule has 0 aliphatic rings. The molecule has 1 aromatic carbocycles. The van der Waals surface area contributed by atoms with Gasteiger partial charge in [0, 0.05) is 11.6 Å². The summed E-state index contributed by atoms with van der Waals surface area (Å²) in [6.45, 7) is 2.72. The molecule has 0 atom stereocenters. The van der Waals surface area contributed by atoms with Gasteiger partial charge in [-0.25, -0.2) is 4.39 Å². The predicted molar refractivity (Wildman–Crippen MR) is 75.4 cm³/mol. The molecule has 2 nitrogen and oxygen atoms in total. The average Bonchev–Trinajstić information content (AvgIpc) is 2.28. The molecule has 17 heavy (non-hydrogen) atoms. The second kappa shape index (κ2) is 7.50. The summed E-state index contributed by atoms with van der Waals surface area (Å²) in [7, 11) is 0. The molecule has 0 saturated carbocycles. The SMILES string of the molecule is CCSCCCOc1ccc(C(N)=S)c(F)c1. The van der Waals surface area contributed by atoms with Crippen LogP contribution in [0.25, 0.3) is 0 Å². The summed E-state index contributed by atoms with van der Waals surface area (Å²) in [4.78, 5) is 0.0633. The topological polar surface area (TPSA) is 35.2 Å². The Morgan fingerprint density at radius 2 is 2.29 bits per heavy atom. The first-order valence-corrected chi connectivity index (χ1v) is 7.01. The van der Waals surface area contributed by atoms with Crippen molar-refractivity contribution in [3.8, 4) is 5.75 Å². The summed E-state index contributed by atoms with van der Waals surface area (Å²) in [6.07, 6.45) is 0.956. The van der Waals surface area contributed by atoms with Crippen LogP contribution in [0, 0.1) is 5.82 Å². The smallest absolute Gasteiger partial charge is 0.137 e. The molecule has 94 valence electrons. The number of hydrogen-bond donors (Lipinski definition) is 1. The van der Waals surface area contributed by atoms with Gasteiger partial charge < -0.3 is 10.5 Å². The van der Waals surface area contributed by atoms with Gasteiger partial charge in [0.25, 0.3) is 0 Å². The molecule has 0 saturated heterocycles. The fraction of sp³-hybridized carbons (Fsp3) is 0.417. The summed E-state index contributed by atoms with van der Waals surface area (Å²) in [5, 5.41) is 0. The number of nitrogens with two attached hydrogens (primary N) is 1. The zero-order chi connectivity index (χ0) is 12.7. The number of thiocarbonyl (C=S) groups is 1. The number of thioether (sulfide) groups is 1. The first-order chi connectivity index (χ1) is 8.15. The van der Waals surface area contributed by atoms with Crippen molar-refractivity contribution in [1.29, 1.82) is 0 Å². The van der Waals surface area contributed by atoms with Crippen LogP contribution in [0.15, 0.2) is 18.2 Å². The van der Waals surface area contributed by atoms with Crippen LogP contribution in [0.4, 0.5) is 4.39 Å². The Balaban J connectivity index is 2.45. The first-order valence-electron chi connectivity index (χ1n) is 5.45. The van der Waals surface area contributed by atoms with Crippen LogP contribution in [-0.4, -0.2) is 23.1 Å². The number of halogens is 1. The lowest BCUT2D eigenvalue weighted by molar-refractivity contribution is 0.317. The summed E-state index contributed by atoms with van der Waals surface area (Å²) in [5.74, 6) is 2.25. The third kappa shape index (κ3) is 4.91. The first kappa shape index (κ1) is 14.3. The standard InChI is InChI=1S/C12H16FNOS2/c1-2-17-7-3-6-15-9-4-5-10(12(14)16)11(13)8-9/h4-5,8H,2-3,6-7H2,1H3,(H2,14,16). The number of rotatable bonds is 7. The molecule has 2 N–H and O–H groups in total. The van der Waals surface area contributed by atoms with E-state index in [4.69, 9.17) is 22.7 Å². The monoisotopic (exact) mass is 273 g/mol. The van der Waals surface area contributed by atoms with Crippen molar-refractivity contribution in [1.82, 2.24) is 0 Å². The van der Waals surface area contributed by atoms with E-state index in [9.17, 15) is 4.39 Å². The minimum absolute atomic E-state index is 0.0633. The highest BCUT2D eigenvalue weighted by Gasteiger charge is 2.06. The van der Waals surface area contributed by atoms with E-state index in [0.717, 1.165) is 17.9 Å². The molecular weight excluding hydrogens is 257 g/mol. The molecule has 0 fully saturated rings. The summed E-state index contributed by atoms with van der Waals surface area (Å²) >= 11 is 6.59. The molecule has 0 bridgehead atoms. The van der Waals surface area contributed by atoms with E-state index in [2.05, 4.69) is 6.92 Å². The Labute approximate surface area is 111 Å². The van der Waals surface area contributed by atoms with E-state index in [-0.39, 0.29) is 10.6 Å². The normalized spacial score (nSPS) is 10.2. The van der Waals surface area contributed by atoms with Gasteiger partial charge in [0.1, 0.15) is 16.6 Å². The molecule has 1 aromatic rings. The van der Waals surface area contributed by atoms with Crippen molar-refractivity contribution in [2.75, 3.05) is 18.1 Å². The molecule has 0 unspecified atom stereocenters. The number of ether oxygens (including phenoxy) is 1. The van der Waals surface area contributed by atoms with Crippen LogP contribution in [0.5, 0.6) is 5.75 Å². The average molecular weight is 273 g/mol. The second-order valence-electron chi connectivity index (χ2n) is 3.40. The van der Waals surface area contributed by atoms with E-state index >= 15 is 0 Å². The van der Waals surface area contributed by atoms with E-state index in [1.807, 2.05) is 11.8 Å². The second-order valence-corrected chi connectivity index (χ2v) is 5.24. The fourth-order valence-electron chi connectivity index (χ4n) is 1.28. The molecule has 0 heterocycles. The Hall–Kier alpha value is -0.810. The van der Waals surface area contributed by atoms with Crippen LogP contribution in [0.3, 0.4) is 0 Å². The van der Waals surface area contributed by atoms with Gasteiger partial charge in [0.05, 0.1) is 6.61 Å². The molecule has 0 aliphatic heterocycles. The van der Waals surface area contributed by atoms with E-state index < -0.39 is 5.82 Å². The van der Waals surface area contributed by atoms with Gasteiger partial charge in [-0.15, -0.1) is 0 Å². The predicted octanol–water partition coefficient (Wildman–Crippen LogP) is 2.98. The van der Waals surface area contributed by atoms with Crippen molar-refractivity contribution < 1.29 is 9.13 Å². The molecule has 0 amide bonds. The zero-order valence-electron chi connectivity index (χ0n) is 9.74. The van der Waals surface area contributed by atoms with E-state index in [1.165, 1.54) is 6.07 Å². The van der Waals surface area contributed by atoms with Crippen molar-refractivity contribution in [2.24, 2.45) is 5.73 Å². The number of benzene rings is 1. The Morgan fingerprint density at radius 3 is 2.88 bits per heavy atom. The van der Waals surface area contributed by atoms with Crippen molar-refractivity contribution in [3.05, 3.63) is 29.6 Å². The molecule has 1 rings (SSSR count). The Morgan fingerprint density at radius 1 is 1.53 bits per heavy atom. The van der Waals surface area contributed by atoms with Gasteiger partial charge in [-0.05, 0) is 30.1 Å². The molecule has 0 spiro atoms. The van der Waals surface area contributed by atoms with Crippen LogP contribution in [0.1, 0.15) is 18.9 Å². The lowest BCUT2D eigenvalue weighted by Gasteiger charge is -2.07. The van der Waals surface area contributed by atoms with Gasteiger partial charge >= 0.3 is 0 Å². The number of hydrogen-bond acceptors (Lipinski definition) is 3. The Bertz CT molecular complexity index is 385. The lowest BCUT2D eigenvalue weighted by atomic mass is 10.2. The summed E-state index contributed by atoms with van der Waals surface area (Å²) < 4.78 is 18.9. The Kier molecular flexibility index (Phi) is 6.29. The minimum Gasteiger partial charge on any atom is -0.493 e. The van der Waals surface area contributed by atoms with Gasteiger partial charge in [-0.1, -0.05) is 19.1 Å². The van der Waals surface area contributed by atoms with Crippen molar-refractivity contribution in [3.63, 3.8) is 0 Å². The highest BCUT2D eigenvalue weighted by Crippen LogP contribution is 2.17. The van der Waals surface area contributed by atoms with Crippen LogP contribution in [0.2, 0.25) is 0 Å². The molecule has 5 heteroatoms. The maximum Gasteiger partial charge on any atom is 0.137 e. The molecule has 0 radical (unpaired) electrons.